The van der Waals surface area contributed by atoms with E-state index < -0.39 is 0 Å². The molecule has 3 heteroatoms. The van der Waals surface area contributed by atoms with Crippen LogP contribution in [0.25, 0.3) is 92.2 Å². The van der Waals surface area contributed by atoms with Crippen LogP contribution in [0.3, 0.4) is 0 Å². The molecule has 0 N–H and O–H groups in total. The Labute approximate surface area is 370 Å². The molecule has 0 aliphatic heterocycles. The van der Waals surface area contributed by atoms with Gasteiger partial charge in [0.25, 0.3) is 0 Å². The van der Waals surface area contributed by atoms with Crippen LogP contribution >= 0.6 is 11.3 Å². The molecule has 0 bridgehead atoms. The van der Waals surface area contributed by atoms with Gasteiger partial charge in [-0.05, 0) is 106 Å². The molecule has 0 amide bonds. The molecule has 2 aromatic heterocycles. The fraction of sp³-hybridized carbons (Fsp3) is 0. The van der Waals surface area contributed by atoms with E-state index in [-0.39, 0.29) is 0 Å². The van der Waals surface area contributed by atoms with Crippen molar-refractivity contribution < 1.29 is 0 Å². The van der Waals surface area contributed by atoms with Gasteiger partial charge < -0.3 is 9.47 Å². The van der Waals surface area contributed by atoms with Crippen molar-refractivity contribution in [3.8, 4) is 50.2 Å². The Morgan fingerprint density at radius 3 is 1.60 bits per heavy atom. The molecule has 0 unspecified atom stereocenters. The summed E-state index contributed by atoms with van der Waals surface area (Å²) >= 11 is 1.87. The second-order valence-electron chi connectivity index (χ2n) is 16.1. The number of anilines is 3. The van der Waals surface area contributed by atoms with Crippen LogP contribution in [0.15, 0.2) is 243 Å². The summed E-state index contributed by atoms with van der Waals surface area (Å²) in [5, 5.41) is 5.13. The number of aromatic nitrogens is 1. The molecule has 0 fully saturated rings. The van der Waals surface area contributed by atoms with Gasteiger partial charge in [0.1, 0.15) is 0 Å². The average Bonchev–Trinajstić information content (AvgIpc) is 3.90. The SMILES string of the molecule is c1ccc(-c2ccccc2-c2ccccc2N(c2ccccc2)c2ccc(-c3ccccc3-c3ccc4c(c3)c3ccccc3n4-c3ccc4c(c3)sc3ccccc34)cc2)cc1. The smallest absolute Gasteiger partial charge is 0.0541 e. The third kappa shape index (κ3) is 6.41. The average molecular weight is 821 g/mol. The molecule has 10 aromatic carbocycles. The lowest BCUT2D eigenvalue weighted by Crippen LogP contribution is -2.11. The zero-order valence-electron chi connectivity index (χ0n) is 34.4. The first-order valence-corrected chi connectivity index (χ1v) is 22.3. The highest BCUT2D eigenvalue weighted by Gasteiger charge is 2.20. The highest BCUT2D eigenvalue weighted by molar-refractivity contribution is 7.25. The number of fused-ring (bicyclic) bond motifs is 6. The quantitative estimate of drug-likeness (QED) is 0.148. The molecule has 0 saturated carbocycles. The van der Waals surface area contributed by atoms with Crippen molar-refractivity contribution in [2.75, 3.05) is 4.90 Å². The van der Waals surface area contributed by atoms with Gasteiger partial charge in [0, 0.05) is 53.6 Å². The van der Waals surface area contributed by atoms with E-state index in [1.807, 2.05) is 11.3 Å². The van der Waals surface area contributed by atoms with E-state index in [1.54, 1.807) is 0 Å². The molecular formula is C60H40N2S. The maximum atomic E-state index is 2.43. The van der Waals surface area contributed by atoms with Crippen molar-refractivity contribution in [3.05, 3.63) is 243 Å². The number of rotatable bonds is 8. The van der Waals surface area contributed by atoms with Crippen LogP contribution in [0.4, 0.5) is 17.1 Å². The highest BCUT2D eigenvalue weighted by Crippen LogP contribution is 2.45. The van der Waals surface area contributed by atoms with E-state index in [0.717, 1.165) is 17.1 Å². The van der Waals surface area contributed by atoms with E-state index in [4.69, 9.17) is 0 Å². The summed E-state index contributed by atoms with van der Waals surface area (Å²) in [6, 6.07) is 88.3. The van der Waals surface area contributed by atoms with Crippen molar-refractivity contribution in [2.45, 2.75) is 0 Å². The fourth-order valence-electron chi connectivity index (χ4n) is 9.54. The molecule has 0 radical (unpaired) electrons. The normalized spacial score (nSPS) is 11.5. The number of hydrogen-bond acceptors (Lipinski definition) is 2. The van der Waals surface area contributed by atoms with Gasteiger partial charge >= 0.3 is 0 Å². The topological polar surface area (TPSA) is 8.17 Å². The Bertz CT molecular complexity index is 3620. The predicted octanol–water partition coefficient (Wildman–Crippen LogP) is 17.3. The molecule has 2 heterocycles. The monoisotopic (exact) mass is 820 g/mol. The van der Waals surface area contributed by atoms with Crippen LogP contribution in [0.5, 0.6) is 0 Å². The van der Waals surface area contributed by atoms with Crippen molar-refractivity contribution in [1.29, 1.82) is 0 Å². The molecule has 12 rings (SSSR count). The molecule has 0 saturated heterocycles. The molecule has 296 valence electrons. The van der Waals surface area contributed by atoms with Crippen LogP contribution in [0.2, 0.25) is 0 Å². The predicted molar refractivity (Wildman–Crippen MR) is 270 cm³/mol. The maximum Gasteiger partial charge on any atom is 0.0541 e. The number of thiophene rings is 1. The Balaban J connectivity index is 0.942. The molecule has 0 aliphatic carbocycles. The molecule has 0 spiro atoms. The van der Waals surface area contributed by atoms with Gasteiger partial charge in [0.05, 0.1) is 16.7 Å². The molecule has 0 atom stereocenters. The summed E-state index contributed by atoms with van der Waals surface area (Å²) in [6.07, 6.45) is 0. The van der Waals surface area contributed by atoms with Crippen LogP contribution in [0, 0.1) is 0 Å². The van der Waals surface area contributed by atoms with Crippen LogP contribution in [-0.4, -0.2) is 4.57 Å². The molecule has 0 aliphatic rings. The van der Waals surface area contributed by atoms with E-state index in [2.05, 4.69) is 252 Å². The van der Waals surface area contributed by atoms with Gasteiger partial charge in [-0.2, -0.15) is 0 Å². The zero-order chi connectivity index (χ0) is 41.7. The summed E-state index contributed by atoms with van der Waals surface area (Å²) < 4.78 is 5.06. The standard InChI is InChI=1S/C60H40N2S/c1-3-17-41(18-4-1)48-22-9-10-24-50(48)51-25-11-14-28-56(51)61(44-19-5-2-6-20-44)45-34-31-42(32-35-45)47-21-7-8-23-49(47)43-33-38-58-55(39-43)52-26-12-15-29-57(52)62(58)46-36-37-54-53-27-13-16-30-59(53)63-60(54)40-46/h1-40H. The Kier molecular flexibility index (Phi) is 9.06. The number of para-hydroxylation sites is 3. The fourth-order valence-corrected chi connectivity index (χ4v) is 10.7. The van der Waals surface area contributed by atoms with Gasteiger partial charge in [-0.1, -0.05) is 176 Å². The summed E-state index contributed by atoms with van der Waals surface area (Å²) in [7, 11) is 0. The van der Waals surface area contributed by atoms with E-state index in [9.17, 15) is 0 Å². The Morgan fingerprint density at radius 2 is 0.825 bits per heavy atom. The second-order valence-corrected chi connectivity index (χ2v) is 17.1. The van der Waals surface area contributed by atoms with Crippen LogP contribution < -0.4 is 4.90 Å². The number of benzene rings is 10. The largest absolute Gasteiger partial charge is 0.310 e. The Morgan fingerprint density at radius 1 is 0.302 bits per heavy atom. The maximum absolute atomic E-state index is 2.43. The van der Waals surface area contributed by atoms with Gasteiger partial charge in [-0.3, -0.25) is 0 Å². The van der Waals surface area contributed by atoms with Crippen LogP contribution in [0.1, 0.15) is 0 Å². The van der Waals surface area contributed by atoms with Crippen molar-refractivity contribution >= 4 is 70.4 Å². The third-order valence-electron chi connectivity index (χ3n) is 12.4. The van der Waals surface area contributed by atoms with Crippen molar-refractivity contribution in [3.63, 3.8) is 0 Å². The minimum atomic E-state index is 1.09. The van der Waals surface area contributed by atoms with Crippen LogP contribution in [-0.2, 0) is 0 Å². The minimum Gasteiger partial charge on any atom is -0.310 e. The Hall–Kier alpha value is -7.98. The lowest BCUT2D eigenvalue weighted by molar-refractivity contribution is 1.19. The van der Waals surface area contributed by atoms with Gasteiger partial charge in [-0.15, -0.1) is 11.3 Å². The molecule has 12 aromatic rings. The lowest BCUT2D eigenvalue weighted by Gasteiger charge is -2.28. The van der Waals surface area contributed by atoms with Gasteiger partial charge in [0.15, 0.2) is 0 Å². The van der Waals surface area contributed by atoms with E-state index >= 15 is 0 Å². The second kappa shape index (κ2) is 15.5. The van der Waals surface area contributed by atoms with E-state index in [0.29, 0.717) is 0 Å². The lowest BCUT2D eigenvalue weighted by atomic mass is 9.92. The highest BCUT2D eigenvalue weighted by atomic mass is 32.1. The van der Waals surface area contributed by atoms with Crippen molar-refractivity contribution in [2.24, 2.45) is 0 Å². The zero-order valence-corrected chi connectivity index (χ0v) is 35.2. The third-order valence-corrected chi connectivity index (χ3v) is 13.6. The van der Waals surface area contributed by atoms with E-state index in [1.165, 1.54) is 92.2 Å². The molecule has 2 nitrogen and oxygen atoms in total. The molecule has 63 heavy (non-hydrogen) atoms. The minimum absolute atomic E-state index is 1.09. The number of hydrogen-bond donors (Lipinski definition) is 0. The first kappa shape index (κ1) is 36.8. The first-order chi connectivity index (χ1) is 31.3. The summed E-state index contributed by atoms with van der Waals surface area (Å²) in [5.41, 5.74) is 16.5. The molecular weight excluding hydrogens is 781 g/mol. The summed E-state index contributed by atoms with van der Waals surface area (Å²) in [5.74, 6) is 0. The van der Waals surface area contributed by atoms with Gasteiger partial charge in [-0.25, -0.2) is 0 Å². The number of nitrogens with zero attached hydrogens (tertiary/aromatic N) is 2. The summed E-state index contributed by atoms with van der Waals surface area (Å²) in [4.78, 5) is 2.38. The van der Waals surface area contributed by atoms with Gasteiger partial charge in [0.2, 0.25) is 0 Å². The summed E-state index contributed by atoms with van der Waals surface area (Å²) in [6.45, 7) is 0. The van der Waals surface area contributed by atoms with Crippen molar-refractivity contribution in [1.82, 2.24) is 4.57 Å². The first-order valence-electron chi connectivity index (χ1n) is 21.5.